The van der Waals surface area contributed by atoms with Crippen molar-refractivity contribution in [2.45, 2.75) is 38.6 Å². The fourth-order valence-electron chi connectivity index (χ4n) is 2.16. The minimum atomic E-state index is -0.859. The molecule has 1 saturated carbocycles. The number of benzene rings is 1. The molecule has 3 N–H and O–H groups in total. The number of hydrazine groups is 1. The number of carbonyl (C=O) groups is 1. The highest BCUT2D eigenvalue weighted by atomic mass is 19.1. The topological polar surface area (TPSA) is 58.4 Å². The Hall–Kier alpha value is -1.69. The predicted molar refractivity (Wildman–Crippen MR) is 73.1 cm³/mol. The van der Waals surface area contributed by atoms with Crippen LogP contribution in [0, 0.1) is 11.6 Å². The minimum absolute atomic E-state index is 0.0296. The summed E-state index contributed by atoms with van der Waals surface area (Å²) in [7, 11) is 0. The number of nitrogen functional groups attached to an aromatic ring is 1. The van der Waals surface area contributed by atoms with Gasteiger partial charge < -0.3 is 10.3 Å². The van der Waals surface area contributed by atoms with Gasteiger partial charge in [-0.05, 0) is 31.4 Å². The Balaban J connectivity index is 2.22. The van der Waals surface area contributed by atoms with Gasteiger partial charge in [0.1, 0.15) is 5.69 Å². The quantitative estimate of drug-likeness (QED) is 0.623. The van der Waals surface area contributed by atoms with E-state index in [0.29, 0.717) is 6.54 Å². The summed E-state index contributed by atoms with van der Waals surface area (Å²) in [5, 5.41) is 0. The van der Waals surface area contributed by atoms with Crippen molar-refractivity contribution >= 4 is 11.6 Å². The maximum atomic E-state index is 13.7. The molecule has 0 unspecified atom stereocenters. The Kier molecular flexibility index (Phi) is 4.54. The van der Waals surface area contributed by atoms with Crippen LogP contribution in [0.3, 0.4) is 0 Å². The monoisotopic (exact) mass is 283 g/mol. The molecular weight excluding hydrogens is 264 g/mol. The summed E-state index contributed by atoms with van der Waals surface area (Å²) in [5.41, 5.74) is 1.56. The van der Waals surface area contributed by atoms with Gasteiger partial charge in [-0.2, -0.15) is 0 Å². The van der Waals surface area contributed by atoms with Gasteiger partial charge in [0.25, 0.3) is 5.91 Å². The Morgan fingerprint density at radius 2 is 2.00 bits per heavy atom. The number of nitrogens with zero attached hydrogens (tertiary/aromatic N) is 1. The molecule has 1 amide bonds. The van der Waals surface area contributed by atoms with Crippen LogP contribution in [0.2, 0.25) is 0 Å². The molecule has 0 radical (unpaired) electrons. The summed E-state index contributed by atoms with van der Waals surface area (Å²) < 4.78 is 27.3. The number of anilines is 1. The number of nitrogens with one attached hydrogen (secondary N) is 1. The fraction of sp³-hybridized carbons (Fsp3) is 0.500. The van der Waals surface area contributed by atoms with Crippen LogP contribution in [-0.2, 0) is 0 Å². The summed E-state index contributed by atoms with van der Waals surface area (Å²) in [6.07, 6.45) is 3.77. The van der Waals surface area contributed by atoms with Crippen molar-refractivity contribution < 1.29 is 13.6 Å². The molecule has 1 aliphatic carbocycles. The molecule has 0 atom stereocenters. The van der Waals surface area contributed by atoms with E-state index in [4.69, 9.17) is 5.84 Å². The Morgan fingerprint density at radius 1 is 1.40 bits per heavy atom. The predicted octanol–water partition coefficient (Wildman–Crippen LogP) is 2.66. The van der Waals surface area contributed by atoms with Gasteiger partial charge >= 0.3 is 0 Å². The van der Waals surface area contributed by atoms with E-state index in [1.54, 1.807) is 4.90 Å². The van der Waals surface area contributed by atoms with Gasteiger partial charge in [-0.1, -0.05) is 13.3 Å². The molecule has 20 heavy (non-hydrogen) atoms. The molecule has 1 fully saturated rings. The molecule has 0 heterocycles. The van der Waals surface area contributed by atoms with Crippen LogP contribution >= 0.6 is 0 Å². The van der Waals surface area contributed by atoms with Gasteiger partial charge in [0, 0.05) is 18.2 Å². The van der Waals surface area contributed by atoms with E-state index in [0.717, 1.165) is 37.8 Å². The largest absolute Gasteiger partial charge is 0.336 e. The lowest BCUT2D eigenvalue weighted by Crippen LogP contribution is -2.34. The number of carbonyl (C=O) groups excluding carboxylic acids is 1. The highest BCUT2D eigenvalue weighted by Gasteiger charge is 2.33. The van der Waals surface area contributed by atoms with Crippen molar-refractivity contribution in [3.8, 4) is 0 Å². The van der Waals surface area contributed by atoms with Crippen LogP contribution in [0.15, 0.2) is 12.1 Å². The Labute approximate surface area is 116 Å². The van der Waals surface area contributed by atoms with E-state index >= 15 is 0 Å². The lowest BCUT2D eigenvalue weighted by atomic mass is 10.1. The molecule has 110 valence electrons. The van der Waals surface area contributed by atoms with Crippen molar-refractivity contribution in [1.82, 2.24) is 4.90 Å². The van der Waals surface area contributed by atoms with Crippen LogP contribution in [0.1, 0.15) is 43.0 Å². The fourth-order valence-corrected chi connectivity index (χ4v) is 2.16. The second kappa shape index (κ2) is 6.17. The second-order valence-electron chi connectivity index (χ2n) is 5.04. The van der Waals surface area contributed by atoms with Gasteiger partial charge in [0.05, 0.1) is 0 Å². The van der Waals surface area contributed by atoms with E-state index in [1.165, 1.54) is 0 Å². The zero-order valence-electron chi connectivity index (χ0n) is 11.5. The third-order valence-electron chi connectivity index (χ3n) is 3.43. The van der Waals surface area contributed by atoms with Crippen LogP contribution < -0.4 is 11.3 Å². The first kappa shape index (κ1) is 14.7. The van der Waals surface area contributed by atoms with Crippen molar-refractivity contribution in [2.24, 2.45) is 5.84 Å². The van der Waals surface area contributed by atoms with Gasteiger partial charge in [0.15, 0.2) is 11.6 Å². The summed E-state index contributed by atoms with van der Waals surface area (Å²) in [4.78, 5) is 14.1. The zero-order chi connectivity index (χ0) is 14.7. The van der Waals surface area contributed by atoms with Crippen molar-refractivity contribution in [3.05, 3.63) is 29.3 Å². The molecular formula is C14H19F2N3O. The van der Waals surface area contributed by atoms with E-state index in [1.807, 2.05) is 12.3 Å². The van der Waals surface area contributed by atoms with Crippen LogP contribution in [0.4, 0.5) is 14.5 Å². The summed E-state index contributed by atoms with van der Waals surface area (Å²) in [6.45, 7) is 2.66. The second-order valence-corrected chi connectivity index (χ2v) is 5.04. The average molecular weight is 283 g/mol. The number of hydrogen-bond acceptors (Lipinski definition) is 3. The first-order valence-electron chi connectivity index (χ1n) is 6.85. The van der Waals surface area contributed by atoms with Gasteiger partial charge in [-0.15, -0.1) is 0 Å². The molecule has 0 saturated heterocycles. The number of hydrogen-bond donors (Lipinski definition) is 2. The lowest BCUT2D eigenvalue weighted by molar-refractivity contribution is 0.0739. The lowest BCUT2D eigenvalue weighted by Gasteiger charge is -2.22. The Morgan fingerprint density at radius 3 is 2.45 bits per heavy atom. The number of halogens is 2. The first-order chi connectivity index (χ1) is 9.58. The molecule has 1 aliphatic rings. The molecule has 0 bridgehead atoms. The van der Waals surface area contributed by atoms with Gasteiger partial charge in [-0.3, -0.25) is 10.6 Å². The number of nitrogens with two attached hydrogens (primary N) is 1. The number of amides is 1. The van der Waals surface area contributed by atoms with E-state index in [9.17, 15) is 13.6 Å². The first-order valence-corrected chi connectivity index (χ1v) is 6.85. The molecule has 1 aromatic rings. The molecule has 0 spiro atoms. The summed E-state index contributed by atoms with van der Waals surface area (Å²) in [5.74, 6) is 3.00. The SMILES string of the molecule is CCCCN(C(=O)c1cc(F)c(NN)c(F)c1)C1CC1. The van der Waals surface area contributed by atoms with Crippen LogP contribution in [-0.4, -0.2) is 23.4 Å². The van der Waals surface area contributed by atoms with Crippen LogP contribution in [0.5, 0.6) is 0 Å². The van der Waals surface area contributed by atoms with Crippen molar-refractivity contribution in [3.63, 3.8) is 0 Å². The maximum Gasteiger partial charge on any atom is 0.254 e. The standard InChI is InChI=1S/C14H19F2N3O/c1-2-3-6-19(10-4-5-10)14(20)9-7-11(15)13(18-17)12(16)8-9/h7-8,10,18H,2-6,17H2,1H3. The van der Waals surface area contributed by atoms with Gasteiger partial charge in [0.2, 0.25) is 0 Å². The smallest absolute Gasteiger partial charge is 0.254 e. The van der Waals surface area contributed by atoms with E-state index in [2.05, 4.69) is 0 Å². The maximum absolute atomic E-state index is 13.7. The highest BCUT2D eigenvalue weighted by Crippen LogP contribution is 2.29. The molecule has 2 rings (SSSR count). The zero-order valence-corrected chi connectivity index (χ0v) is 11.5. The number of rotatable bonds is 6. The number of unbranched alkanes of at least 4 members (excludes halogenated alkanes) is 1. The van der Waals surface area contributed by atoms with Gasteiger partial charge in [-0.25, -0.2) is 8.78 Å². The Bertz CT molecular complexity index is 480. The van der Waals surface area contributed by atoms with E-state index < -0.39 is 17.3 Å². The van der Waals surface area contributed by atoms with E-state index in [-0.39, 0.29) is 17.5 Å². The molecule has 1 aromatic carbocycles. The highest BCUT2D eigenvalue weighted by molar-refractivity contribution is 5.95. The molecule has 4 nitrogen and oxygen atoms in total. The third kappa shape index (κ3) is 3.07. The molecule has 0 aliphatic heterocycles. The molecule has 0 aromatic heterocycles. The van der Waals surface area contributed by atoms with Crippen LogP contribution in [0.25, 0.3) is 0 Å². The van der Waals surface area contributed by atoms with Crippen molar-refractivity contribution in [1.29, 1.82) is 0 Å². The third-order valence-corrected chi connectivity index (χ3v) is 3.43. The summed E-state index contributed by atoms with van der Waals surface area (Å²) in [6, 6.07) is 2.27. The minimum Gasteiger partial charge on any atom is -0.336 e. The van der Waals surface area contributed by atoms with Crippen molar-refractivity contribution in [2.75, 3.05) is 12.0 Å². The average Bonchev–Trinajstić information content (AvgIpc) is 3.23. The normalized spacial score (nSPS) is 14.2. The summed E-state index contributed by atoms with van der Waals surface area (Å²) >= 11 is 0. The molecule has 6 heteroatoms.